The average Bonchev–Trinajstić information content (AvgIpc) is 2.61. The number of anilines is 1. The number of methoxy groups -OCH3 is 1. The predicted octanol–water partition coefficient (Wildman–Crippen LogP) is 4.10. The molecule has 1 unspecified atom stereocenters. The van der Waals surface area contributed by atoms with Crippen LogP contribution < -0.4 is 4.90 Å². The number of aryl methyl sites for hydroxylation is 1. The number of hydrogen-bond donors (Lipinski definition) is 0. The molecule has 0 spiro atoms. The average molecular weight is 344 g/mol. The number of pyridine rings is 1. The molecule has 25 heavy (non-hydrogen) atoms. The first-order chi connectivity index (χ1) is 11.8. The summed E-state index contributed by atoms with van der Waals surface area (Å²) in [6.45, 7) is 7.42. The van der Waals surface area contributed by atoms with E-state index in [1.807, 2.05) is 32.9 Å². The number of benzene rings is 1. The molecular weight excluding hydrogens is 319 g/mol. The molecule has 2 aromatic rings. The second-order valence-electron chi connectivity index (χ2n) is 7.42. The van der Waals surface area contributed by atoms with Gasteiger partial charge in [0.2, 0.25) is 0 Å². The summed E-state index contributed by atoms with van der Waals surface area (Å²) in [5.74, 6) is -0.294. The van der Waals surface area contributed by atoms with Gasteiger partial charge in [-0.25, -0.2) is 9.37 Å². The van der Waals surface area contributed by atoms with E-state index in [4.69, 9.17) is 4.74 Å². The molecule has 0 aliphatic carbocycles. The number of fused-ring (bicyclic) bond motifs is 1. The normalized spacial score (nSPS) is 18.4. The van der Waals surface area contributed by atoms with Crippen molar-refractivity contribution in [1.29, 1.82) is 0 Å². The van der Waals surface area contributed by atoms with Gasteiger partial charge in [0.25, 0.3) is 0 Å². The number of para-hydroxylation sites is 1. The Bertz CT molecular complexity index is 804. The van der Waals surface area contributed by atoms with Crippen molar-refractivity contribution in [3.63, 3.8) is 0 Å². The summed E-state index contributed by atoms with van der Waals surface area (Å²) in [7, 11) is 1.44. The fraction of sp³-hybridized carbons (Fsp3) is 0.500. The van der Waals surface area contributed by atoms with Gasteiger partial charge < -0.3 is 9.64 Å². The maximum atomic E-state index is 14.2. The molecule has 0 saturated carbocycles. The second-order valence-corrected chi connectivity index (χ2v) is 7.42. The summed E-state index contributed by atoms with van der Waals surface area (Å²) >= 11 is 0. The van der Waals surface area contributed by atoms with Crippen LogP contribution in [0.4, 0.5) is 10.1 Å². The van der Waals surface area contributed by atoms with Crippen molar-refractivity contribution in [2.45, 2.75) is 33.6 Å². The summed E-state index contributed by atoms with van der Waals surface area (Å²) in [6, 6.07) is 7.08. The minimum absolute atomic E-state index is 0.179. The quantitative estimate of drug-likeness (QED) is 0.786. The van der Waals surface area contributed by atoms with Crippen LogP contribution in [0.5, 0.6) is 0 Å². The van der Waals surface area contributed by atoms with Crippen LogP contribution in [0.3, 0.4) is 0 Å². The Morgan fingerprint density at radius 1 is 1.40 bits per heavy atom. The lowest BCUT2D eigenvalue weighted by molar-refractivity contribution is -0.154. The van der Waals surface area contributed by atoms with Crippen molar-refractivity contribution in [3.05, 3.63) is 35.8 Å². The van der Waals surface area contributed by atoms with Crippen LogP contribution in [-0.4, -0.2) is 31.2 Å². The summed E-state index contributed by atoms with van der Waals surface area (Å²) in [5.41, 5.74) is 1.65. The lowest BCUT2D eigenvalue weighted by Gasteiger charge is -2.41. The molecule has 134 valence electrons. The van der Waals surface area contributed by atoms with Crippen molar-refractivity contribution in [1.82, 2.24) is 4.98 Å². The Kier molecular flexibility index (Phi) is 4.67. The number of piperidine rings is 1. The van der Waals surface area contributed by atoms with Gasteiger partial charge in [0.05, 0.1) is 12.5 Å². The number of halogens is 1. The van der Waals surface area contributed by atoms with E-state index >= 15 is 0 Å². The molecule has 0 amide bonds. The maximum Gasteiger partial charge on any atom is 0.311 e. The molecule has 1 aromatic heterocycles. The molecule has 4 nitrogen and oxygen atoms in total. The molecule has 1 fully saturated rings. The maximum absolute atomic E-state index is 14.2. The predicted molar refractivity (Wildman–Crippen MR) is 97.2 cm³/mol. The highest BCUT2D eigenvalue weighted by atomic mass is 19.1. The van der Waals surface area contributed by atoms with Crippen molar-refractivity contribution in [3.8, 4) is 0 Å². The summed E-state index contributed by atoms with van der Waals surface area (Å²) in [5, 5.41) is 0.821. The Labute approximate surface area is 148 Å². The van der Waals surface area contributed by atoms with Crippen molar-refractivity contribution >= 4 is 22.6 Å². The van der Waals surface area contributed by atoms with Gasteiger partial charge in [-0.3, -0.25) is 4.79 Å². The fourth-order valence-electron chi connectivity index (χ4n) is 3.80. The molecule has 0 N–H and O–H groups in total. The first kappa shape index (κ1) is 17.6. The number of ether oxygens (including phenoxy) is 1. The molecule has 1 atom stereocenters. The van der Waals surface area contributed by atoms with Crippen LogP contribution in [0.1, 0.15) is 32.4 Å². The van der Waals surface area contributed by atoms with Gasteiger partial charge in [0, 0.05) is 29.9 Å². The van der Waals surface area contributed by atoms with Gasteiger partial charge in [0.15, 0.2) is 0 Å². The molecule has 1 aliphatic rings. The van der Waals surface area contributed by atoms with E-state index in [1.165, 1.54) is 13.2 Å². The Morgan fingerprint density at radius 2 is 2.16 bits per heavy atom. The van der Waals surface area contributed by atoms with E-state index in [0.717, 1.165) is 42.7 Å². The monoisotopic (exact) mass is 344 g/mol. The van der Waals surface area contributed by atoms with Gasteiger partial charge in [-0.05, 0) is 51.7 Å². The van der Waals surface area contributed by atoms with Crippen LogP contribution >= 0.6 is 0 Å². The molecule has 5 heteroatoms. The van der Waals surface area contributed by atoms with Crippen molar-refractivity contribution in [2.75, 3.05) is 25.1 Å². The molecule has 0 radical (unpaired) electrons. The van der Waals surface area contributed by atoms with Gasteiger partial charge in [0.1, 0.15) is 11.3 Å². The van der Waals surface area contributed by atoms with E-state index in [1.54, 1.807) is 6.07 Å². The highest BCUT2D eigenvalue weighted by molar-refractivity contribution is 5.92. The number of aromatic nitrogens is 1. The third-order valence-corrected chi connectivity index (χ3v) is 5.39. The molecule has 2 heterocycles. The highest BCUT2D eigenvalue weighted by Crippen LogP contribution is 2.38. The van der Waals surface area contributed by atoms with Gasteiger partial charge in [-0.15, -0.1) is 0 Å². The number of carbonyl (C=O) groups is 1. The molecule has 1 saturated heterocycles. The molecule has 0 bridgehead atoms. The van der Waals surface area contributed by atoms with Crippen molar-refractivity contribution < 1.29 is 13.9 Å². The van der Waals surface area contributed by atoms with Crippen LogP contribution in [-0.2, 0) is 9.53 Å². The molecule has 3 rings (SSSR count). The van der Waals surface area contributed by atoms with Crippen LogP contribution in [0.2, 0.25) is 0 Å². The minimum atomic E-state index is -0.545. The third kappa shape index (κ3) is 3.20. The number of esters is 1. The van der Waals surface area contributed by atoms with Gasteiger partial charge in [-0.1, -0.05) is 12.1 Å². The lowest BCUT2D eigenvalue weighted by Crippen LogP contribution is -2.45. The smallest absolute Gasteiger partial charge is 0.311 e. The summed E-state index contributed by atoms with van der Waals surface area (Å²) < 4.78 is 19.2. The molecule has 1 aromatic carbocycles. The lowest BCUT2D eigenvalue weighted by atomic mass is 9.74. The second kappa shape index (κ2) is 6.62. The first-order valence-corrected chi connectivity index (χ1v) is 8.74. The van der Waals surface area contributed by atoms with Gasteiger partial charge in [-0.2, -0.15) is 0 Å². The number of carbonyl (C=O) groups excluding carboxylic acids is 1. The Balaban J connectivity index is 1.99. The number of nitrogens with zero attached hydrogens (tertiary/aromatic N) is 2. The van der Waals surface area contributed by atoms with E-state index in [-0.39, 0.29) is 17.7 Å². The van der Waals surface area contributed by atoms with Gasteiger partial charge >= 0.3 is 5.97 Å². The zero-order chi connectivity index (χ0) is 18.2. The molecule has 1 aliphatic heterocycles. The fourth-order valence-corrected chi connectivity index (χ4v) is 3.80. The Morgan fingerprint density at radius 3 is 2.88 bits per heavy atom. The largest absolute Gasteiger partial charge is 0.469 e. The van der Waals surface area contributed by atoms with Crippen molar-refractivity contribution in [2.24, 2.45) is 11.3 Å². The first-order valence-electron chi connectivity index (χ1n) is 8.74. The standard InChI is InChI=1S/C20H25FN2O2/c1-13-11-17(15-8-5-9-16(21)18(15)22-13)23-10-6-7-14(12-23)20(2,3)19(24)25-4/h5,8-9,11,14H,6-7,10,12H2,1-4H3. The van der Waals surface area contributed by atoms with Crippen LogP contribution in [0, 0.1) is 24.1 Å². The Hall–Kier alpha value is -2.17. The highest BCUT2D eigenvalue weighted by Gasteiger charge is 2.40. The minimum Gasteiger partial charge on any atom is -0.469 e. The molecular formula is C20H25FN2O2. The van der Waals surface area contributed by atoms with E-state index in [0.29, 0.717) is 5.52 Å². The summed E-state index contributed by atoms with van der Waals surface area (Å²) in [4.78, 5) is 18.8. The third-order valence-electron chi connectivity index (χ3n) is 5.39. The zero-order valence-corrected chi connectivity index (χ0v) is 15.3. The zero-order valence-electron chi connectivity index (χ0n) is 15.3. The SMILES string of the molecule is COC(=O)C(C)(C)C1CCCN(c2cc(C)nc3c(F)cccc23)C1. The number of hydrogen-bond acceptors (Lipinski definition) is 4. The van der Waals surface area contributed by atoms with Crippen LogP contribution in [0.15, 0.2) is 24.3 Å². The van der Waals surface area contributed by atoms with E-state index < -0.39 is 5.41 Å². The topological polar surface area (TPSA) is 42.4 Å². The number of rotatable bonds is 3. The van der Waals surface area contributed by atoms with E-state index in [9.17, 15) is 9.18 Å². The summed E-state index contributed by atoms with van der Waals surface area (Å²) in [6.07, 6.45) is 1.97. The van der Waals surface area contributed by atoms with E-state index in [2.05, 4.69) is 9.88 Å². The van der Waals surface area contributed by atoms with Crippen LogP contribution in [0.25, 0.3) is 10.9 Å².